The maximum Gasteiger partial charge on any atom is 0.225 e. The zero-order chi connectivity index (χ0) is 27.8. The summed E-state index contributed by atoms with van der Waals surface area (Å²) in [7, 11) is 3.53. The summed E-state index contributed by atoms with van der Waals surface area (Å²) in [6.07, 6.45) is 5.84. The highest BCUT2D eigenvalue weighted by molar-refractivity contribution is 5.79. The molecule has 0 radical (unpaired) electrons. The van der Waals surface area contributed by atoms with Gasteiger partial charge in [-0.15, -0.1) is 0 Å². The van der Waals surface area contributed by atoms with E-state index in [9.17, 15) is 9.90 Å². The van der Waals surface area contributed by atoms with E-state index in [4.69, 9.17) is 19.9 Å². The summed E-state index contributed by atoms with van der Waals surface area (Å²) in [4.78, 5) is 15.7. The fourth-order valence-corrected chi connectivity index (χ4v) is 6.50. The zero-order valence-corrected chi connectivity index (χ0v) is 23.8. The van der Waals surface area contributed by atoms with Crippen molar-refractivity contribution in [2.24, 2.45) is 17.6 Å². The average molecular weight is 539 g/mol. The smallest absolute Gasteiger partial charge is 0.225 e. The first kappa shape index (κ1) is 29.5. The van der Waals surface area contributed by atoms with E-state index in [1.54, 1.807) is 14.2 Å². The summed E-state index contributed by atoms with van der Waals surface area (Å²) >= 11 is 0. The number of nitrogens with zero attached hydrogens (tertiary/aromatic N) is 1. The van der Waals surface area contributed by atoms with Crippen LogP contribution in [-0.4, -0.2) is 62.0 Å². The van der Waals surface area contributed by atoms with E-state index >= 15 is 0 Å². The molecule has 1 amide bonds. The average Bonchev–Trinajstić information content (AvgIpc) is 2.96. The van der Waals surface area contributed by atoms with Gasteiger partial charge in [0.15, 0.2) is 0 Å². The highest BCUT2D eigenvalue weighted by Gasteiger charge is 2.45. The molecule has 4 rings (SSSR count). The molecule has 0 spiro atoms. The van der Waals surface area contributed by atoms with Crippen LogP contribution in [0.5, 0.6) is 11.5 Å². The molecular formula is C32H46N2O5. The number of benzene rings is 2. The Morgan fingerprint density at radius 1 is 1.05 bits per heavy atom. The van der Waals surface area contributed by atoms with Gasteiger partial charge in [0.25, 0.3) is 0 Å². The van der Waals surface area contributed by atoms with Crippen molar-refractivity contribution in [3.05, 3.63) is 59.7 Å². The van der Waals surface area contributed by atoms with Crippen molar-refractivity contribution in [3.63, 3.8) is 0 Å². The number of aliphatic hydroxyl groups is 1. The lowest BCUT2D eigenvalue weighted by Gasteiger charge is -2.46. The molecule has 7 nitrogen and oxygen atoms in total. The predicted octanol–water partition coefficient (Wildman–Crippen LogP) is 5.17. The Bertz CT molecular complexity index is 1080. The Morgan fingerprint density at radius 2 is 1.79 bits per heavy atom. The lowest BCUT2D eigenvalue weighted by atomic mass is 9.73. The molecule has 1 saturated carbocycles. The SMILES string of the molecule is COCCCC[C@@](OC)(c1ccccc1Oc1ccccc1C)[C@@H]1CCCN(C(=O)C2CC[C@H](O)[C@H](N)C2)C1. The molecule has 7 heteroatoms. The third kappa shape index (κ3) is 6.83. The Morgan fingerprint density at radius 3 is 2.51 bits per heavy atom. The Kier molecular flexibility index (Phi) is 10.4. The van der Waals surface area contributed by atoms with Crippen molar-refractivity contribution in [2.45, 2.75) is 76.0 Å². The van der Waals surface area contributed by atoms with E-state index in [0.717, 1.165) is 61.3 Å². The summed E-state index contributed by atoms with van der Waals surface area (Å²) in [6, 6.07) is 15.9. The normalized spacial score (nSPS) is 25.2. The first-order valence-electron chi connectivity index (χ1n) is 14.5. The van der Waals surface area contributed by atoms with Gasteiger partial charge in [0.2, 0.25) is 5.91 Å². The molecule has 1 heterocycles. The first-order valence-corrected chi connectivity index (χ1v) is 14.5. The molecule has 39 heavy (non-hydrogen) atoms. The maximum absolute atomic E-state index is 13.7. The lowest BCUT2D eigenvalue weighted by Crippen LogP contribution is -2.52. The van der Waals surface area contributed by atoms with E-state index in [0.29, 0.717) is 32.4 Å². The van der Waals surface area contributed by atoms with Crippen LogP contribution in [0.2, 0.25) is 0 Å². The van der Waals surface area contributed by atoms with Crippen molar-refractivity contribution < 1.29 is 24.1 Å². The minimum atomic E-state index is -0.620. The molecular weight excluding hydrogens is 492 g/mol. The Labute approximate surface area is 233 Å². The minimum Gasteiger partial charge on any atom is -0.457 e. The fourth-order valence-electron chi connectivity index (χ4n) is 6.50. The van der Waals surface area contributed by atoms with Crippen LogP contribution < -0.4 is 10.5 Å². The molecule has 1 aliphatic heterocycles. The van der Waals surface area contributed by atoms with Crippen LogP contribution in [-0.2, 0) is 19.9 Å². The second-order valence-corrected chi connectivity index (χ2v) is 11.3. The number of carbonyl (C=O) groups is 1. The predicted molar refractivity (Wildman–Crippen MR) is 153 cm³/mol. The topological polar surface area (TPSA) is 94.2 Å². The number of hydrogen-bond donors (Lipinski definition) is 2. The van der Waals surface area contributed by atoms with Crippen LogP contribution in [0.15, 0.2) is 48.5 Å². The first-order chi connectivity index (χ1) is 18.9. The van der Waals surface area contributed by atoms with Crippen LogP contribution in [0, 0.1) is 18.8 Å². The number of aliphatic hydroxyl groups excluding tert-OH is 1. The third-order valence-corrected chi connectivity index (χ3v) is 8.77. The summed E-state index contributed by atoms with van der Waals surface area (Å²) in [5.41, 5.74) is 7.61. The van der Waals surface area contributed by atoms with Gasteiger partial charge < -0.3 is 30.0 Å². The number of hydrogen-bond acceptors (Lipinski definition) is 6. The number of amides is 1. The van der Waals surface area contributed by atoms with Crippen molar-refractivity contribution in [3.8, 4) is 11.5 Å². The molecule has 0 aromatic heterocycles. The number of ether oxygens (including phenoxy) is 3. The van der Waals surface area contributed by atoms with Crippen LogP contribution in [0.25, 0.3) is 0 Å². The standard InChI is InChI=1S/C32H46N2O5/c1-23-11-4-6-14-29(23)39-30-15-7-5-13-26(30)32(38-3,18-8-9-20-37-2)25-12-10-19-34(22-25)31(36)24-16-17-28(35)27(33)21-24/h4-7,11,13-15,24-25,27-28,35H,8-10,12,16-22,33H2,1-3H3/t24?,25-,27-,28+,32+/m1/s1. The van der Waals surface area contributed by atoms with Gasteiger partial charge >= 0.3 is 0 Å². The Hall–Kier alpha value is -2.45. The number of methoxy groups -OCH3 is 2. The number of para-hydroxylation sites is 2. The van der Waals surface area contributed by atoms with Crippen molar-refractivity contribution in [1.82, 2.24) is 4.90 Å². The minimum absolute atomic E-state index is 0.104. The monoisotopic (exact) mass is 538 g/mol. The molecule has 2 aromatic rings. The van der Waals surface area contributed by atoms with Gasteiger partial charge in [-0.3, -0.25) is 4.79 Å². The second kappa shape index (κ2) is 13.8. The fraction of sp³-hybridized carbons (Fsp3) is 0.594. The lowest BCUT2D eigenvalue weighted by molar-refractivity contribution is -0.145. The number of likely N-dealkylation sites (tertiary alicyclic amines) is 1. The van der Waals surface area contributed by atoms with Crippen LogP contribution >= 0.6 is 0 Å². The number of piperidine rings is 1. The molecule has 0 bridgehead atoms. The van der Waals surface area contributed by atoms with E-state index in [1.807, 2.05) is 54.3 Å². The van der Waals surface area contributed by atoms with Crippen molar-refractivity contribution in [2.75, 3.05) is 33.9 Å². The van der Waals surface area contributed by atoms with E-state index in [-0.39, 0.29) is 23.8 Å². The molecule has 2 fully saturated rings. The second-order valence-electron chi connectivity index (χ2n) is 11.3. The van der Waals surface area contributed by atoms with Gasteiger partial charge in [0, 0.05) is 57.4 Å². The highest BCUT2D eigenvalue weighted by Crippen LogP contribution is 2.47. The third-order valence-electron chi connectivity index (χ3n) is 8.77. The van der Waals surface area contributed by atoms with Crippen LogP contribution in [0.4, 0.5) is 0 Å². The summed E-state index contributed by atoms with van der Waals surface area (Å²) in [5, 5.41) is 10.1. The Balaban J connectivity index is 1.64. The van der Waals surface area contributed by atoms with Gasteiger partial charge in [-0.2, -0.15) is 0 Å². The quantitative estimate of drug-likeness (QED) is 0.383. The van der Waals surface area contributed by atoms with Gasteiger partial charge in [-0.05, 0) is 76.0 Å². The van der Waals surface area contributed by atoms with Gasteiger partial charge in [-0.25, -0.2) is 0 Å². The summed E-state index contributed by atoms with van der Waals surface area (Å²) < 4.78 is 18.4. The zero-order valence-electron chi connectivity index (χ0n) is 23.8. The molecule has 5 atom stereocenters. The van der Waals surface area contributed by atoms with E-state index < -0.39 is 11.7 Å². The number of nitrogens with two attached hydrogens (primary N) is 1. The van der Waals surface area contributed by atoms with E-state index in [1.165, 1.54) is 0 Å². The largest absolute Gasteiger partial charge is 0.457 e. The molecule has 1 unspecified atom stereocenters. The van der Waals surface area contributed by atoms with Gasteiger partial charge in [0.1, 0.15) is 17.1 Å². The number of unbranched alkanes of at least 4 members (excludes halogenated alkanes) is 1. The summed E-state index contributed by atoms with van der Waals surface area (Å²) in [5.74, 6) is 1.75. The van der Waals surface area contributed by atoms with Crippen molar-refractivity contribution >= 4 is 5.91 Å². The van der Waals surface area contributed by atoms with Gasteiger partial charge in [-0.1, -0.05) is 36.4 Å². The number of aryl methyl sites for hydroxylation is 1. The summed E-state index contributed by atoms with van der Waals surface area (Å²) in [6.45, 7) is 4.12. The van der Waals surface area contributed by atoms with Crippen LogP contribution in [0.1, 0.15) is 62.5 Å². The van der Waals surface area contributed by atoms with Crippen LogP contribution in [0.3, 0.4) is 0 Å². The molecule has 1 saturated heterocycles. The maximum atomic E-state index is 13.7. The number of carbonyl (C=O) groups excluding carboxylic acids is 1. The number of rotatable bonds is 11. The highest BCUT2D eigenvalue weighted by atomic mass is 16.5. The van der Waals surface area contributed by atoms with Gasteiger partial charge in [0.05, 0.1) is 6.10 Å². The van der Waals surface area contributed by atoms with E-state index in [2.05, 4.69) is 6.07 Å². The molecule has 1 aliphatic carbocycles. The van der Waals surface area contributed by atoms with Crippen molar-refractivity contribution in [1.29, 1.82) is 0 Å². The molecule has 3 N–H and O–H groups in total. The molecule has 2 aromatic carbocycles. The molecule has 2 aliphatic rings. The molecule has 214 valence electrons.